The average Bonchev–Trinajstić information content (AvgIpc) is 2.63. The molecular weight excluding hydrogens is 176 g/mol. The number of para-hydroxylation sites is 1. The Morgan fingerprint density at radius 2 is 2.14 bits per heavy atom. The van der Waals surface area contributed by atoms with Crippen LogP contribution in [0.1, 0.15) is 12.0 Å². The zero-order valence-corrected chi connectivity index (χ0v) is 7.99. The summed E-state index contributed by atoms with van der Waals surface area (Å²) in [5.74, 6) is 4.97. The first kappa shape index (κ1) is 9.24. The molecule has 3 heteroatoms. The Hall–Kier alpha value is -1.32. The molecule has 0 aliphatic heterocycles. The fraction of sp³-hybridized carbons (Fsp3) is 0.273. The molecule has 3 nitrogen and oxygen atoms in total. The van der Waals surface area contributed by atoms with Crippen molar-refractivity contribution in [2.45, 2.75) is 12.8 Å². The van der Waals surface area contributed by atoms with Crippen molar-refractivity contribution in [1.82, 2.24) is 4.98 Å². The van der Waals surface area contributed by atoms with Crippen LogP contribution in [-0.4, -0.2) is 11.6 Å². The molecule has 2 aromatic rings. The number of hydrogen-bond acceptors (Lipinski definition) is 2. The topological polar surface area (TPSA) is 51.0 Å². The van der Waals surface area contributed by atoms with Crippen molar-refractivity contribution in [1.29, 1.82) is 0 Å². The highest BCUT2D eigenvalue weighted by molar-refractivity contribution is 5.82. The molecule has 0 saturated carbocycles. The molecule has 3 N–H and O–H groups in total. The summed E-state index contributed by atoms with van der Waals surface area (Å²) in [7, 11) is 0. The number of nitrogens with one attached hydrogen (secondary N) is 1. The van der Waals surface area contributed by atoms with Crippen molar-refractivity contribution >= 4 is 10.9 Å². The Kier molecular flexibility index (Phi) is 2.81. The van der Waals surface area contributed by atoms with Crippen molar-refractivity contribution < 1.29 is 4.84 Å². The number of H-pyrrole nitrogens is 1. The number of aryl methyl sites for hydroxylation is 1. The molecule has 14 heavy (non-hydrogen) atoms. The molecule has 0 saturated heterocycles. The minimum Gasteiger partial charge on any atom is -0.361 e. The second kappa shape index (κ2) is 4.26. The predicted molar refractivity (Wildman–Crippen MR) is 56.8 cm³/mol. The summed E-state index contributed by atoms with van der Waals surface area (Å²) in [6, 6.07) is 8.30. The fourth-order valence-corrected chi connectivity index (χ4v) is 1.68. The highest BCUT2D eigenvalue weighted by Gasteiger charge is 2.01. The first-order chi connectivity index (χ1) is 6.92. The molecule has 2 rings (SSSR count). The van der Waals surface area contributed by atoms with Crippen molar-refractivity contribution in [3.63, 3.8) is 0 Å². The minimum absolute atomic E-state index is 0.611. The summed E-state index contributed by atoms with van der Waals surface area (Å²) in [5, 5.41) is 1.30. The number of rotatable bonds is 4. The largest absolute Gasteiger partial charge is 0.361 e. The number of aromatic nitrogens is 1. The van der Waals surface area contributed by atoms with E-state index < -0.39 is 0 Å². The Morgan fingerprint density at radius 1 is 1.29 bits per heavy atom. The second-order valence-corrected chi connectivity index (χ2v) is 3.33. The zero-order chi connectivity index (χ0) is 9.80. The van der Waals surface area contributed by atoms with Gasteiger partial charge in [-0.3, -0.25) is 0 Å². The lowest BCUT2D eigenvalue weighted by atomic mass is 10.1. The number of fused-ring (bicyclic) bond motifs is 1. The van der Waals surface area contributed by atoms with E-state index in [4.69, 9.17) is 5.90 Å². The highest BCUT2D eigenvalue weighted by atomic mass is 16.6. The third-order valence-corrected chi connectivity index (χ3v) is 2.38. The molecule has 0 aliphatic carbocycles. The first-order valence-corrected chi connectivity index (χ1v) is 4.78. The van der Waals surface area contributed by atoms with Crippen LogP contribution in [0.25, 0.3) is 10.9 Å². The number of hydrogen-bond donors (Lipinski definition) is 2. The van der Waals surface area contributed by atoms with Gasteiger partial charge >= 0.3 is 0 Å². The highest BCUT2D eigenvalue weighted by Crippen LogP contribution is 2.18. The standard InChI is InChI=1S/C11H14N2O/c12-14-7-3-4-9-8-13-11-6-2-1-5-10(9)11/h1-2,5-6,8,13H,3-4,7,12H2. The third kappa shape index (κ3) is 1.78. The van der Waals surface area contributed by atoms with Crippen molar-refractivity contribution in [3.8, 4) is 0 Å². The van der Waals surface area contributed by atoms with Gasteiger partial charge in [-0.1, -0.05) is 18.2 Å². The predicted octanol–water partition coefficient (Wildman–Crippen LogP) is 1.99. The van der Waals surface area contributed by atoms with E-state index in [1.165, 1.54) is 16.5 Å². The number of aromatic amines is 1. The molecule has 1 heterocycles. The van der Waals surface area contributed by atoms with E-state index in [0.717, 1.165) is 12.8 Å². The van der Waals surface area contributed by atoms with Crippen LogP contribution in [0.2, 0.25) is 0 Å². The normalized spacial score (nSPS) is 10.9. The molecule has 0 radical (unpaired) electrons. The second-order valence-electron chi connectivity index (χ2n) is 3.33. The van der Waals surface area contributed by atoms with Gasteiger partial charge in [0.2, 0.25) is 0 Å². The van der Waals surface area contributed by atoms with E-state index in [9.17, 15) is 0 Å². The van der Waals surface area contributed by atoms with Crippen LogP contribution in [0.4, 0.5) is 0 Å². The third-order valence-electron chi connectivity index (χ3n) is 2.38. The van der Waals surface area contributed by atoms with Crippen LogP contribution in [0.3, 0.4) is 0 Å². The maximum Gasteiger partial charge on any atom is 0.0682 e. The van der Waals surface area contributed by atoms with E-state index in [2.05, 4.69) is 34.2 Å². The number of nitrogens with two attached hydrogens (primary N) is 1. The van der Waals surface area contributed by atoms with Gasteiger partial charge in [0.25, 0.3) is 0 Å². The monoisotopic (exact) mass is 190 g/mol. The van der Waals surface area contributed by atoms with Gasteiger partial charge in [0.1, 0.15) is 0 Å². The molecule has 0 unspecified atom stereocenters. The maximum absolute atomic E-state index is 4.97. The van der Waals surface area contributed by atoms with Crippen LogP contribution in [0.15, 0.2) is 30.5 Å². The Morgan fingerprint density at radius 3 is 3.00 bits per heavy atom. The molecule has 0 amide bonds. The Labute approximate surface area is 82.8 Å². The molecule has 1 aromatic carbocycles. The summed E-state index contributed by atoms with van der Waals surface area (Å²) in [4.78, 5) is 7.78. The lowest BCUT2D eigenvalue weighted by Crippen LogP contribution is -2.01. The van der Waals surface area contributed by atoms with Gasteiger partial charge in [-0.2, -0.15) is 0 Å². The molecular formula is C11H14N2O. The van der Waals surface area contributed by atoms with Crippen molar-refractivity contribution in [2.75, 3.05) is 6.61 Å². The van der Waals surface area contributed by atoms with Gasteiger partial charge < -0.3 is 9.82 Å². The lowest BCUT2D eigenvalue weighted by Gasteiger charge is -1.97. The van der Waals surface area contributed by atoms with E-state index in [1.807, 2.05) is 6.07 Å². The van der Waals surface area contributed by atoms with Gasteiger partial charge in [-0.15, -0.1) is 0 Å². The Bertz CT molecular complexity index is 408. The summed E-state index contributed by atoms with van der Waals surface area (Å²) in [5.41, 5.74) is 2.52. The van der Waals surface area contributed by atoms with Gasteiger partial charge in [0.15, 0.2) is 0 Å². The van der Waals surface area contributed by atoms with Gasteiger partial charge in [-0.05, 0) is 24.5 Å². The molecule has 1 aromatic heterocycles. The quantitative estimate of drug-likeness (QED) is 0.572. The summed E-state index contributed by atoms with van der Waals surface area (Å²) in [6.07, 6.45) is 4.01. The van der Waals surface area contributed by atoms with E-state index in [0.29, 0.717) is 6.61 Å². The van der Waals surface area contributed by atoms with E-state index in [-0.39, 0.29) is 0 Å². The zero-order valence-electron chi connectivity index (χ0n) is 7.99. The van der Waals surface area contributed by atoms with Gasteiger partial charge in [0, 0.05) is 17.1 Å². The average molecular weight is 190 g/mol. The fourth-order valence-electron chi connectivity index (χ4n) is 1.68. The van der Waals surface area contributed by atoms with Crippen molar-refractivity contribution in [3.05, 3.63) is 36.0 Å². The lowest BCUT2D eigenvalue weighted by molar-refractivity contribution is 0.135. The number of benzene rings is 1. The van der Waals surface area contributed by atoms with E-state index in [1.54, 1.807) is 0 Å². The molecule has 0 spiro atoms. The van der Waals surface area contributed by atoms with Crippen LogP contribution in [0, 0.1) is 0 Å². The van der Waals surface area contributed by atoms with Crippen LogP contribution in [-0.2, 0) is 11.3 Å². The molecule has 0 fully saturated rings. The van der Waals surface area contributed by atoms with Crippen LogP contribution in [0.5, 0.6) is 0 Å². The summed E-state index contributed by atoms with van der Waals surface area (Å²) < 4.78 is 0. The van der Waals surface area contributed by atoms with Crippen molar-refractivity contribution in [2.24, 2.45) is 5.90 Å². The summed E-state index contributed by atoms with van der Waals surface area (Å²) in [6.45, 7) is 0.611. The minimum atomic E-state index is 0.611. The molecule has 74 valence electrons. The SMILES string of the molecule is NOCCCc1c[nH]c2ccccc12. The molecule has 0 aliphatic rings. The first-order valence-electron chi connectivity index (χ1n) is 4.78. The van der Waals surface area contributed by atoms with Crippen LogP contribution < -0.4 is 5.90 Å². The molecule has 0 bridgehead atoms. The van der Waals surface area contributed by atoms with E-state index >= 15 is 0 Å². The van der Waals surface area contributed by atoms with Gasteiger partial charge in [-0.25, -0.2) is 5.90 Å². The smallest absolute Gasteiger partial charge is 0.0682 e. The molecule has 0 atom stereocenters. The van der Waals surface area contributed by atoms with Crippen LogP contribution >= 0.6 is 0 Å². The summed E-state index contributed by atoms with van der Waals surface area (Å²) >= 11 is 0. The Balaban J connectivity index is 2.17. The maximum atomic E-state index is 4.97. The van der Waals surface area contributed by atoms with Gasteiger partial charge in [0.05, 0.1) is 6.61 Å².